The molecular weight excluding hydrogens is 166 g/mol. The van der Waals surface area contributed by atoms with E-state index in [1.807, 2.05) is 0 Å². The molecule has 0 bridgehead atoms. The smallest absolute Gasteiger partial charge is 0.177 e. The van der Waals surface area contributed by atoms with Crippen LogP contribution in [0, 0.1) is 0 Å². The van der Waals surface area contributed by atoms with Crippen LogP contribution in [0.3, 0.4) is 0 Å². The molecule has 0 aliphatic carbocycles. The summed E-state index contributed by atoms with van der Waals surface area (Å²) < 4.78 is 0. The molecular formula is C8H11N5. The van der Waals surface area contributed by atoms with Crippen molar-refractivity contribution in [2.45, 2.75) is 6.92 Å². The van der Waals surface area contributed by atoms with Gasteiger partial charge in [0.25, 0.3) is 0 Å². The van der Waals surface area contributed by atoms with Gasteiger partial charge in [0.15, 0.2) is 5.84 Å². The molecule has 1 aromatic heterocycles. The van der Waals surface area contributed by atoms with Crippen LogP contribution >= 0.6 is 0 Å². The maximum absolute atomic E-state index is 4.18. The molecule has 0 saturated carbocycles. The third kappa shape index (κ3) is 1.44. The van der Waals surface area contributed by atoms with E-state index in [9.17, 15) is 0 Å². The second-order valence-electron chi connectivity index (χ2n) is 2.70. The molecule has 13 heavy (non-hydrogen) atoms. The van der Waals surface area contributed by atoms with E-state index in [0.29, 0.717) is 0 Å². The molecule has 0 spiro atoms. The number of nitrogens with zero attached hydrogens (tertiary/aromatic N) is 4. The van der Waals surface area contributed by atoms with Crippen LogP contribution in [0.1, 0.15) is 12.6 Å². The highest BCUT2D eigenvalue weighted by molar-refractivity contribution is 5.97. The monoisotopic (exact) mass is 177 g/mol. The quantitative estimate of drug-likeness (QED) is 0.692. The molecule has 0 amide bonds. The van der Waals surface area contributed by atoms with Gasteiger partial charge in [0.2, 0.25) is 0 Å². The Kier molecular flexibility index (Phi) is 2.08. The maximum atomic E-state index is 4.18. The fraction of sp³-hybridized carbons (Fsp3) is 0.375. The second kappa shape index (κ2) is 3.38. The first-order valence-corrected chi connectivity index (χ1v) is 4.23. The Balaban J connectivity index is 2.26. The standard InChI is InChI=1S/C8H11N5/c1-2-13-6-11-12-8(13)7-5-9-3-4-10-7/h3-5,11H,2,6H2,1H3. The van der Waals surface area contributed by atoms with E-state index in [0.717, 1.165) is 24.7 Å². The van der Waals surface area contributed by atoms with E-state index in [-0.39, 0.29) is 0 Å². The number of hydrogen-bond acceptors (Lipinski definition) is 5. The fourth-order valence-electron chi connectivity index (χ4n) is 1.24. The van der Waals surface area contributed by atoms with Crippen LogP contribution in [-0.2, 0) is 0 Å². The zero-order valence-corrected chi connectivity index (χ0v) is 7.44. The Labute approximate surface area is 76.5 Å². The van der Waals surface area contributed by atoms with E-state index >= 15 is 0 Å². The molecule has 0 fully saturated rings. The summed E-state index contributed by atoms with van der Waals surface area (Å²) in [5, 5.41) is 4.15. The minimum atomic E-state index is 0.752. The molecule has 1 aromatic rings. The lowest BCUT2D eigenvalue weighted by Crippen LogP contribution is -2.30. The Bertz CT molecular complexity index is 308. The van der Waals surface area contributed by atoms with Crippen LogP contribution in [0.5, 0.6) is 0 Å². The molecule has 1 N–H and O–H groups in total. The summed E-state index contributed by atoms with van der Waals surface area (Å²) >= 11 is 0. The van der Waals surface area contributed by atoms with E-state index in [1.165, 1.54) is 0 Å². The first-order valence-electron chi connectivity index (χ1n) is 4.23. The van der Waals surface area contributed by atoms with Crippen molar-refractivity contribution in [3.8, 4) is 0 Å². The van der Waals surface area contributed by atoms with Gasteiger partial charge in [0, 0.05) is 18.9 Å². The van der Waals surface area contributed by atoms with Gasteiger partial charge in [-0.05, 0) is 6.92 Å². The second-order valence-corrected chi connectivity index (χ2v) is 2.70. The highest BCUT2D eigenvalue weighted by Crippen LogP contribution is 2.04. The highest BCUT2D eigenvalue weighted by Gasteiger charge is 2.17. The Morgan fingerprint density at radius 1 is 1.54 bits per heavy atom. The number of aromatic nitrogens is 2. The van der Waals surface area contributed by atoms with Crippen molar-refractivity contribution in [2.24, 2.45) is 5.10 Å². The topological polar surface area (TPSA) is 53.4 Å². The molecule has 1 aliphatic rings. The average Bonchev–Trinajstić information content (AvgIpc) is 2.67. The molecule has 1 aliphatic heterocycles. The lowest BCUT2D eigenvalue weighted by molar-refractivity contribution is 0.446. The molecule has 0 atom stereocenters. The van der Waals surface area contributed by atoms with Gasteiger partial charge in [0.1, 0.15) is 12.4 Å². The van der Waals surface area contributed by atoms with Crippen molar-refractivity contribution in [3.05, 3.63) is 24.3 Å². The van der Waals surface area contributed by atoms with E-state index in [1.54, 1.807) is 18.6 Å². The summed E-state index contributed by atoms with van der Waals surface area (Å²) in [4.78, 5) is 10.3. The third-order valence-electron chi connectivity index (χ3n) is 1.92. The Morgan fingerprint density at radius 3 is 3.15 bits per heavy atom. The zero-order chi connectivity index (χ0) is 9.10. The van der Waals surface area contributed by atoms with Crippen LogP contribution in [0.25, 0.3) is 0 Å². The first-order chi connectivity index (χ1) is 6.42. The number of amidine groups is 1. The van der Waals surface area contributed by atoms with Crippen LogP contribution in [0.2, 0.25) is 0 Å². The number of hydrogen-bond donors (Lipinski definition) is 1. The third-order valence-corrected chi connectivity index (χ3v) is 1.92. The van der Waals surface area contributed by atoms with Crippen LogP contribution < -0.4 is 5.43 Å². The zero-order valence-electron chi connectivity index (χ0n) is 7.44. The SMILES string of the molecule is CCN1CNN=C1c1cnccn1. The summed E-state index contributed by atoms with van der Waals surface area (Å²) in [5.41, 5.74) is 3.73. The molecule has 68 valence electrons. The van der Waals surface area contributed by atoms with Gasteiger partial charge in [-0.3, -0.25) is 10.4 Å². The summed E-state index contributed by atoms with van der Waals surface area (Å²) in [6.07, 6.45) is 5.04. The first kappa shape index (κ1) is 7.97. The van der Waals surface area contributed by atoms with Crippen molar-refractivity contribution in [1.82, 2.24) is 20.3 Å². The van der Waals surface area contributed by atoms with Gasteiger partial charge >= 0.3 is 0 Å². The van der Waals surface area contributed by atoms with Gasteiger partial charge in [-0.15, -0.1) is 0 Å². The van der Waals surface area contributed by atoms with Crippen LogP contribution in [0.15, 0.2) is 23.7 Å². The molecule has 2 rings (SSSR count). The van der Waals surface area contributed by atoms with Gasteiger partial charge < -0.3 is 4.90 Å². The van der Waals surface area contributed by atoms with Crippen LogP contribution in [0.4, 0.5) is 0 Å². The summed E-state index contributed by atoms with van der Waals surface area (Å²) in [6, 6.07) is 0. The largest absolute Gasteiger partial charge is 0.335 e. The number of nitrogens with one attached hydrogen (secondary N) is 1. The van der Waals surface area contributed by atoms with Crippen molar-refractivity contribution < 1.29 is 0 Å². The summed E-state index contributed by atoms with van der Waals surface area (Å²) in [6.45, 7) is 3.75. The van der Waals surface area contributed by atoms with Crippen LogP contribution in [-0.4, -0.2) is 33.9 Å². The highest BCUT2D eigenvalue weighted by atomic mass is 15.5. The lowest BCUT2D eigenvalue weighted by Gasteiger charge is -2.14. The Hall–Kier alpha value is -1.65. The normalized spacial score (nSPS) is 15.5. The molecule has 0 unspecified atom stereocenters. The molecule has 0 radical (unpaired) electrons. The predicted molar refractivity (Wildman–Crippen MR) is 49.0 cm³/mol. The summed E-state index contributed by atoms with van der Waals surface area (Å²) in [7, 11) is 0. The minimum Gasteiger partial charge on any atom is -0.335 e. The van der Waals surface area contributed by atoms with Crippen molar-refractivity contribution in [1.29, 1.82) is 0 Å². The van der Waals surface area contributed by atoms with Gasteiger partial charge in [-0.25, -0.2) is 4.98 Å². The summed E-state index contributed by atoms with van der Waals surface area (Å²) in [5.74, 6) is 0.871. The molecule has 5 heteroatoms. The minimum absolute atomic E-state index is 0.752. The van der Waals surface area contributed by atoms with Gasteiger partial charge in [0.05, 0.1) is 6.20 Å². The molecule has 0 saturated heterocycles. The van der Waals surface area contributed by atoms with E-state index in [4.69, 9.17) is 0 Å². The van der Waals surface area contributed by atoms with Gasteiger partial charge in [-0.2, -0.15) is 5.10 Å². The molecule has 5 nitrogen and oxygen atoms in total. The van der Waals surface area contributed by atoms with E-state index < -0.39 is 0 Å². The maximum Gasteiger partial charge on any atom is 0.177 e. The fourth-order valence-corrected chi connectivity index (χ4v) is 1.24. The Morgan fingerprint density at radius 2 is 2.46 bits per heavy atom. The lowest BCUT2D eigenvalue weighted by atomic mass is 10.4. The average molecular weight is 177 g/mol. The predicted octanol–water partition coefficient (Wildman–Crippen LogP) is 0.0208. The molecule has 2 heterocycles. The van der Waals surface area contributed by atoms with Crippen molar-refractivity contribution >= 4 is 5.84 Å². The number of hydrazone groups is 1. The number of rotatable bonds is 2. The molecule has 0 aromatic carbocycles. The van der Waals surface area contributed by atoms with Crippen molar-refractivity contribution in [3.63, 3.8) is 0 Å². The van der Waals surface area contributed by atoms with E-state index in [2.05, 4.69) is 32.3 Å². The van der Waals surface area contributed by atoms with Crippen molar-refractivity contribution in [2.75, 3.05) is 13.2 Å². The van der Waals surface area contributed by atoms with Gasteiger partial charge in [-0.1, -0.05) is 0 Å².